The number of aliphatic hydroxyl groups is 1. The highest BCUT2D eigenvalue weighted by Crippen LogP contribution is 2.47. The Labute approximate surface area is 111 Å². The molecule has 100 valence electrons. The van der Waals surface area contributed by atoms with E-state index in [1.165, 1.54) is 0 Å². The van der Waals surface area contributed by atoms with Gasteiger partial charge in [0.05, 0.1) is 0 Å². The molecule has 1 unspecified atom stereocenters. The Bertz CT molecular complexity index is 517. The van der Waals surface area contributed by atoms with Gasteiger partial charge in [0, 0.05) is 0 Å². The van der Waals surface area contributed by atoms with Crippen molar-refractivity contribution in [2.75, 3.05) is 6.35 Å². The Kier molecular flexibility index (Phi) is 4.51. The third-order valence-electron chi connectivity index (χ3n) is 2.65. The van der Waals surface area contributed by atoms with Crippen LogP contribution in [0.1, 0.15) is 17.2 Å². The minimum atomic E-state index is -4.00. The SMILES string of the molecule is O=P(O)(CO)OC(c1ccccc1)c1ccccc1. The molecular weight excluding hydrogens is 263 g/mol. The molecule has 0 spiro atoms. The smallest absolute Gasteiger partial charge is 0.354 e. The molecule has 2 aromatic rings. The van der Waals surface area contributed by atoms with E-state index >= 15 is 0 Å². The van der Waals surface area contributed by atoms with Gasteiger partial charge in [-0.2, -0.15) is 0 Å². The first kappa shape index (κ1) is 14.0. The van der Waals surface area contributed by atoms with Crippen LogP contribution in [-0.2, 0) is 9.09 Å². The lowest BCUT2D eigenvalue weighted by Crippen LogP contribution is -2.06. The van der Waals surface area contributed by atoms with Crippen molar-refractivity contribution in [2.24, 2.45) is 0 Å². The highest BCUT2D eigenvalue weighted by Gasteiger charge is 2.26. The van der Waals surface area contributed by atoms with E-state index in [1.807, 2.05) is 60.7 Å². The summed E-state index contributed by atoms with van der Waals surface area (Å²) in [6, 6.07) is 18.3. The van der Waals surface area contributed by atoms with Crippen LogP contribution < -0.4 is 0 Å². The molecule has 19 heavy (non-hydrogen) atoms. The Morgan fingerprint density at radius 1 is 0.947 bits per heavy atom. The summed E-state index contributed by atoms with van der Waals surface area (Å²) in [4.78, 5) is 9.50. The molecule has 0 fully saturated rings. The molecule has 5 heteroatoms. The maximum absolute atomic E-state index is 11.6. The van der Waals surface area contributed by atoms with Crippen molar-refractivity contribution in [3.05, 3.63) is 71.8 Å². The minimum Gasteiger partial charge on any atom is -0.384 e. The van der Waals surface area contributed by atoms with E-state index in [-0.39, 0.29) is 0 Å². The van der Waals surface area contributed by atoms with Crippen LogP contribution in [-0.4, -0.2) is 16.3 Å². The Morgan fingerprint density at radius 2 is 1.37 bits per heavy atom. The third kappa shape index (κ3) is 3.75. The molecule has 0 aliphatic carbocycles. The van der Waals surface area contributed by atoms with Crippen molar-refractivity contribution in [1.82, 2.24) is 0 Å². The molecule has 0 aliphatic rings. The predicted molar refractivity (Wildman–Crippen MR) is 72.7 cm³/mol. The summed E-state index contributed by atoms with van der Waals surface area (Å²) in [7, 11) is -4.00. The van der Waals surface area contributed by atoms with Gasteiger partial charge < -0.3 is 10.00 Å². The zero-order valence-electron chi connectivity index (χ0n) is 10.2. The molecule has 0 heterocycles. The summed E-state index contributed by atoms with van der Waals surface area (Å²) < 4.78 is 16.8. The summed E-state index contributed by atoms with van der Waals surface area (Å²) in [5.41, 5.74) is 1.52. The van der Waals surface area contributed by atoms with Crippen molar-refractivity contribution >= 4 is 7.60 Å². The third-order valence-corrected chi connectivity index (χ3v) is 3.55. The average molecular weight is 278 g/mol. The fourth-order valence-corrected chi connectivity index (χ4v) is 2.41. The lowest BCUT2D eigenvalue weighted by Gasteiger charge is -2.21. The standard InChI is InChI=1S/C14H15O4P/c15-11-19(16,17)18-14(12-7-3-1-4-8-12)13-9-5-2-6-10-13/h1-10,14-15H,11H2,(H,16,17). The zero-order valence-corrected chi connectivity index (χ0v) is 11.1. The van der Waals surface area contributed by atoms with E-state index < -0.39 is 20.0 Å². The van der Waals surface area contributed by atoms with Gasteiger partial charge >= 0.3 is 7.60 Å². The van der Waals surface area contributed by atoms with Gasteiger partial charge in [-0.1, -0.05) is 60.7 Å². The van der Waals surface area contributed by atoms with Gasteiger partial charge in [-0.25, -0.2) is 0 Å². The van der Waals surface area contributed by atoms with Gasteiger partial charge in [-0.05, 0) is 11.1 Å². The van der Waals surface area contributed by atoms with Crippen molar-refractivity contribution in [2.45, 2.75) is 6.10 Å². The summed E-state index contributed by atoms with van der Waals surface area (Å²) in [6.45, 7) is 0. The van der Waals surface area contributed by atoms with E-state index in [0.29, 0.717) is 0 Å². The quantitative estimate of drug-likeness (QED) is 0.825. The summed E-state index contributed by atoms with van der Waals surface area (Å²) >= 11 is 0. The van der Waals surface area contributed by atoms with E-state index in [4.69, 9.17) is 9.63 Å². The van der Waals surface area contributed by atoms with E-state index in [1.54, 1.807) is 0 Å². The number of hydrogen-bond acceptors (Lipinski definition) is 3. The number of benzene rings is 2. The molecule has 0 saturated carbocycles. The maximum Gasteiger partial charge on any atom is 0.354 e. The van der Waals surface area contributed by atoms with Crippen LogP contribution in [0.2, 0.25) is 0 Å². The van der Waals surface area contributed by atoms with Crippen LogP contribution >= 0.6 is 7.60 Å². The second-order valence-corrected chi connectivity index (χ2v) is 5.85. The van der Waals surface area contributed by atoms with Gasteiger partial charge in [0.2, 0.25) is 0 Å². The maximum atomic E-state index is 11.6. The highest BCUT2D eigenvalue weighted by molar-refractivity contribution is 7.52. The van der Waals surface area contributed by atoms with Crippen molar-refractivity contribution in [3.8, 4) is 0 Å². The highest BCUT2D eigenvalue weighted by atomic mass is 31.2. The van der Waals surface area contributed by atoms with Crippen molar-refractivity contribution < 1.29 is 19.1 Å². The average Bonchev–Trinajstić information content (AvgIpc) is 2.47. The van der Waals surface area contributed by atoms with Crippen LogP contribution in [0, 0.1) is 0 Å². The molecule has 2 aromatic carbocycles. The molecular formula is C14H15O4P. The predicted octanol–water partition coefficient (Wildman–Crippen LogP) is 2.93. The molecule has 0 bridgehead atoms. The summed E-state index contributed by atoms with van der Waals surface area (Å²) in [5.74, 6) is 0. The molecule has 0 aromatic heterocycles. The van der Waals surface area contributed by atoms with E-state index in [9.17, 15) is 9.46 Å². The lowest BCUT2D eigenvalue weighted by atomic mass is 10.0. The molecule has 4 nitrogen and oxygen atoms in total. The second kappa shape index (κ2) is 6.13. The normalized spacial score (nSPS) is 14.3. The second-order valence-electron chi connectivity index (χ2n) is 4.09. The van der Waals surface area contributed by atoms with E-state index in [0.717, 1.165) is 11.1 Å². The van der Waals surface area contributed by atoms with Crippen molar-refractivity contribution in [1.29, 1.82) is 0 Å². The first-order valence-electron chi connectivity index (χ1n) is 5.83. The fourth-order valence-electron chi connectivity index (χ4n) is 1.77. The number of rotatable bonds is 5. The van der Waals surface area contributed by atoms with Crippen LogP contribution in [0.25, 0.3) is 0 Å². The zero-order chi connectivity index (χ0) is 13.7. The summed E-state index contributed by atoms with van der Waals surface area (Å²) in [5, 5.41) is 8.90. The van der Waals surface area contributed by atoms with Crippen LogP contribution in [0.4, 0.5) is 0 Å². The fraction of sp³-hybridized carbons (Fsp3) is 0.143. The number of aliphatic hydroxyl groups excluding tert-OH is 1. The lowest BCUT2D eigenvalue weighted by molar-refractivity contribution is 0.185. The van der Waals surface area contributed by atoms with Gasteiger partial charge in [0.25, 0.3) is 0 Å². The molecule has 0 saturated heterocycles. The molecule has 0 radical (unpaired) electrons. The van der Waals surface area contributed by atoms with Gasteiger partial charge in [-0.15, -0.1) is 0 Å². The largest absolute Gasteiger partial charge is 0.384 e. The van der Waals surface area contributed by atoms with E-state index in [2.05, 4.69) is 0 Å². The summed E-state index contributed by atoms with van der Waals surface area (Å²) in [6.07, 6.45) is -1.58. The van der Waals surface area contributed by atoms with Gasteiger partial charge in [0.15, 0.2) is 0 Å². The van der Waals surface area contributed by atoms with Crippen LogP contribution in [0.3, 0.4) is 0 Å². The van der Waals surface area contributed by atoms with Gasteiger partial charge in [-0.3, -0.25) is 9.09 Å². The van der Waals surface area contributed by atoms with Crippen LogP contribution in [0.15, 0.2) is 60.7 Å². The Hall–Kier alpha value is -1.45. The van der Waals surface area contributed by atoms with Gasteiger partial charge in [0.1, 0.15) is 12.5 Å². The molecule has 1 atom stereocenters. The topological polar surface area (TPSA) is 66.8 Å². The Balaban J connectivity index is 2.37. The Morgan fingerprint density at radius 3 is 1.74 bits per heavy atom. The monoisotopic (exact) mass is 278 g/mol. The first-order chi connectivity index (χ1) is 9.12. The first-order valence-corrected chi connectivity index (χ1v) is 7.59. The molecule has 0 aliphatic heterocycles. The molecule has 2 N–H and O–H groups in total. The number of hydrogen-bond donors (Lipinski definition) is 2. The molecule has 0 amide bonds. The van der Waals surface area contributed by atoms with Crippen molar-refractivity contribution in [3.63, 3.8) is 0 Å². The minimum absolute atomic E-state index is 0.676. The van der Waals surface area contributed by atoms with Crippen LogP contribution in [0.5, 0.6) is 0 Å². The molecule has 2 rings (SSSR count).